The fourth-order valence-electron chi connectivity index (χ4n) is 2.04. The van der Waals surface area contributed by atoms with Gasteiger partial charge in [-0.15, -0.1) is 0 Å². The molecule has 1 aromatic carbocycles. The Hall–Kier alpha value is -2.17. The second-order valence-corrected chi connectivity index (χ2v) is 4.27. The van der Waals surface area contributed by atoms with Crippen molar-refractivity contribution < 1.29 is 14.4 Å². The molecule has 94 valence electrons. The molecule has 0 unspecified atom stereocenters. The summed E-state index contributed by atoms with van der Waals surface area (Å²) in [5, 5.41) is 2.98. The van der Waals surface area contributed by atoms with Gasteiger partial charge in [0.15, 0.2) is 0 Å². The summed E-state index contributed by atoms with van der Waals surface area (Å²) in [7, 11) is 1.79. The SMILES string of the molecule is CNc1ccc2c(c1)CC(=O)N2C(=O)CC(C)=O. The van der Waals surface area contributed by atoms with Crippen molar-refractivity contribution in [2.75, 3.05) is 17.3 Å². The van der Waals surface area contributed by atoms with Crippen LogP contribution in [0.3, 0.4) is 0 Å². The zero-order valence-corrected chi connectivity index (χ0v) is 10.3. The second kappa shape index (κ2) is 4.60. The number of nitrogens with one attached hydrogen (secondary N) is 1. The number of amides is 2. The zero-order chi connectivity index (χ0) is 13.3. The van der Waals surface area contributed by atoms with Gasteiger partial charge in [0.05, 0.1) is 18.5 Å². The second-order valence-electron chi connectivity index (χ2n) is 4.27. The minimum Gasteiger partial charge on any atom is -0.388 e. The van der Waals surface area contributed by atoms with Gasteiger partial charge < -0.3 is 5.32 Å². The van der Waals surface area contributed by atoms with E-state index < -0.39 is 5.91 Å². The number of carbonyl (C=O) groups is 3. The first-order chi connectivity index (χ1) is 8.52. The highest BCUT2D eigenvalue weighted by Gasteiger charge is 2.32. The molecule has 2 rings (SSSR count). The average molecular weight is 246 g/mol. The lowest BCUT2D eigenvalue weighted by Gasteiger charge is -2.14. The number of hydrogen-bond donors (Lipinski definition) is 1. The van der Waals surface area contributed by atoms with Crippen LogP contribution in [0.25, 0.3) is 0 Å². The topological polar surface area (TPSA) is 66.5 Å². The standard InChI is InChI=1S/C13H14N2O3/c1-8(16)5-12(17)15-11-4-3-10(14-2)6-9(11)7-13(15)18/h3-4,6,14H,5,7H2,1-2H3. The third-order valence-electron chi connectivity index (χ3n) is 2.85. The number of imide groups is 1. The number of nitrogens with zero attached hydrogens (tertiary/aromatic N) is 1. The van der Waals surface area contributed by atoms with Crippen LogP contribution in [0.4, 0.5) is 11.4 Å². The molecule has 0 saturated heterocycles. The summed E-state index contributed by atoms with van der Waals surface area (Å²) in [4.78, 5) is 35.7. The Morgan fingerprint density at radius 2 is 2.11 bits per heavy atom. The molecular weight excluding hydrogens is 232 g/mol. The predicted molar refractivity (Wildman–Crippen MR) is 67.5 cm³/mol. The number of carbonyl (C=O) groups excluding carboxylic acids is 3. The Morgan fingerprint density at radius 3 is 2.72 bits per heavy atom. The minimum absolute atomic E-state index is 0.203. The predicted octanol–water partition coefficient (Wildman–Crippen LogP) is 1.12. The van der Waals surface area contributed by atoms with E-state index in [1.54, 1.807) is 19.2 Å². The number of ketones is 1. The molecule has 0 aromatic heterocycles. The minimum atomic E-state index is -0.455. The van der Waals surface area contributed by atoms with E-state index >= 15 is 0 Å². The largest absolute Gasteiger partial charge is 0.388 e. The normalized spacial score (nSPS) is 13.4. The molecule has 0 fully saturated rings. The molecule has 0 saturated carbocycles. The third kappa shape index (κ3) is 2.11. The molecule has 5 heteroatoms. The number of fused-ring (bicyclic) bond motifs is 1. The van der Waals surface area contributed by atoms with Gasteiger partial charge in [-0.2, -0.15) is 0 Å². The number of benzene rings is 1. The van der Waals surface area contributed by atoms with Gasteiger partial charge in [0.1, 0.15) is 5.78 Å². The van der Waals surface area contributed by atoms with E-state index in [9.17, 15) is 14.4 Å². The van der Waals surface area contributed by atoms with E-state index in [4.69, 9.17) is 0 Å². The van der Waals surface area contributed by atoms with Crippen LogP contribution in [0.5, 0.6) is 0 Å². The van der Waals surface area contributed by atoms with Crippen molar-refractivity contribution in [3.63, 3.8) is 0 Å². The lowest BCUT2D eigenvalue weighted by Crippen LogP contribution is -2.34. The number of rotatable bonds is 3. The van der Waals surface area contributed by atoms with Gasteiger partial charge in [-0.25, -0.2) is 4.90 Å². The highest BCUT2D eigenvalue weighted by molar-refractivity contribution is 6.22. The van der Waals surface area contributed by atoms with Crippen LogP contribution in [-0.2, 0) is 20.8 Å². The summed E-state index contributed by atoms with van der Waals surface area (Å²) in [5.74, 6) is -0.971. The lowest BCUT2D eigenvalue weighted by molar-refractivity contribution is -0.128. The molecular formula is C13H14N2O3. The summed E-state index contributed by atoms with van der Waals surface area (Å²) >= 11 is 0. The molecule has 0 aliphatic carbocycles. The van der Waals surface area contributed by atoms with Gasteiger partial charge in [0, 0.05) is 12.7 Å². The van der Waals surface area contributed by atoms with E-state index in [0.29, 0.717) is 5.69 Å². The Morgan fingerprint density at radius 1 is 1.39 bits per heavy atom. The van der Waals surface area contributed by atoms with Gasteiger partial charge in [0.25, 0.3) is 0 Å². The Balaban J connectivity index is 2.33. The van der Waals surface area contributed by atoms with Crippen molar-refractivity contribution >= 4 is 29.0 Å². The van der Waals surface area contributed by atoms with E-state index in [0.717, 1.165) is 16.2 Å². The smallest absolute Gasteiger partial charge is 0.241 e. The fourth-order valence-corrected chi connectivity index (χ4v) is 2.04. The van der Waals surface area contributed by atoms with Gasteiger partial charge in [0.2, 0.25) is 11.8 Å². The van der Waals surface area contributed by atoms with Gasteiger partial charge >= 0.3 is 0 Å². The number of Topliss-reactive ketones (excluding diaryl/α,β-unsaturated/α-hetero) is 1. The first-order valence-corrected chi connectivity index (χ1v) is 5.69. The molecule has 0 atom stereocenters. The molecule has 0 spiro atoms. The van der Waals surface area contributed by atoms with E-state index in [1.165, 1.54) is 6.92 Å². The maximum absolute atomic E-state index is 11.9. The first-order valence-electron chi connectivity index (χ1n) is 5.69. The van der Waals surface area contributed by atoms with Gasteiger partial charge in [-0.3, -0.25) is 14.4 Å². The number of anilines is 2. The maximum atomic E-state index is 11.9. The van der Waals surface area contributed by atoms with Crippen molar-refractivity contribution in [3.05, 3.63) is 23.8 Å². The van der Waals surface area contributed by atoms with Crippen LogP contribution in [0, 0.1) is 0 Å². The van der Waals surface area contributed by atoms with Crippen LogP contribution < -0.4 is 10.2 Å². The van der Waals surface area contributed by atoms with Crippen molar-refractivity contribution in [2.24, 2.45) is 0 Å². The Bertz CT molecular complexity index is 537. The van der Waals surface area contributed by atoms with Crippen LogP contribution in [0.1, 0.15) is 18.9 Å². The summed E-state index contributed by atoms with van der Waals surface area (Å²) in [6.45, 7) is 1.34. The quantitative estimate of drug-likeness (QED) is 0.812. The average Bonchev–Trinajstić information content (AvgIpc) is 2.62. The third-order valence-corrected chi connectivity index (χ3v) is 2.85. The van der Waals surface area contributed by atoms with Gasteiger partial charge in [-0.1, -0.05) is 0 Å². The molecule has 0 bridgehead atoms. The van der Waals surface area contributed by atoms with Gasteiger partial charge in [-0.05, 0) is 30.7 Å². The summed E-state index contributed by atoms with van der Waals surface area (Å²) in [5.41, 5.74) is 2.29. The molecule has 1 aliphatic rings. The molecule has 1 aliphatic heterocycles. The molecule has 5 nitrogen and oxygen atoms in total. The molecule has 0 radical (unpaired) electrons. The van der Waals surface area contributed by atoms with E-state index in [2.05, 4.69) is 5.32 Å². The molecule has 2 amide bonds. The van der Waals surface area contributed by atoms with Crippen molar-refractivity contribution in [1.82, 2.24) is 0 Å². The lowest BCUT2D eigenvalue weighted by atomic mass is 10.1. The molecule has 18 heavy (non-hydrogen) atoms. The molecule has 1 aromatic rings. The van der Waals surface area contributed by atoms with E-state index in [-0.39, 0.29) is 24.5 Å². The zero-order valence-electron chi connectivity index (χ0n) is 10.3. The molecule has 1 N–H and O–H groups in total. The fraction of sp³-hybridized carbons (Fsp3) is 0.308. The Labute approximate surface area is 105 Å². The first kappa shape index (κ1) is 12.3. The van der Waals surface area contributed by atoms with Crippen molar-refractivity contribution in [1.29, 1.82) is 0 Å². The van der Waals surface area contributed by atoms with Crippen molar-refractivity contribution in [2.45, 2.75) is 19.8 Å². The van der Waals surface area contributed by atoms with Crippen LogP contribution in [-0.4, -0.2) is 24.6 Å². The highest BCUT2D eigenvalue weighted by atomic mass is 16.2. The summed E-state index contributed by atoms with van der Waals surface area (Å²) in [6.07, 6.45) is -0.0343. The van der Waals surface area contributed by atoms with E-state index in [1.807, 2.05) is 6.07 Å². The van der Waals surface area contributed by atoms with Crippen LogP contribution in [0.2, 0.25) is 0 Å². The monoisotopic (exact) mass is 246 g/mol. The Kier molecular flexibility index (Phi) is 3.14. The van der Waals surface area contributed by atoms with Crippen LogP contribution in [0.15, 0.2) is 18.2 Å². The highest BCUT2D eigenvalue weighted by Crippen LogP contribution is 2.31. The number of hydrogen-bond acceptors (Lipinski definition) is 4. The van der Waals surface area contributed by atoms with Crippen LogP contribution >= 0.6 is 0 Å². The van der Waals surface area contributed by atoms with Crippen molar-refractivity contribution in [3.8, 4) is 0 Å². The summed E-state index contributed by atoms with van der Waals surface area (Å²) in [6, 6.07) is 5.36. The summed E-state index contributed by atoms with van der Waals surface area (Å²) < 4.78 is 0. The molecule has 1 heterocycles. The maximum Gasteiger partial charge on any atom is 0.241 e.